The summed E-state index contributed by atoms with van der Waals surface area (Å²) >= 11 is 0. The molecular formula is C22H27N3O. The van der Waals surface area contributed by atoms with E-state index in [9.17, 15) is 10.1 Å². The number of likely N-dealkylation sites (tertiary alicyclic amines) is 1. The van der Waals surface area contributed by atoms with E-state index in [1.807, 2.05) is 23.1 Å². The molecule has 2 heterocycles. The van der Waals surface area contributed by atoms with Crippen LogP contribution < -0.4 is 5.32 Å². The second kappa shape index (κ2) is 6.46. The molecule has 4 rings (SSSR count). The molecule has 1 unspecified atom stereocenters. The lowest BCUT2D eigenvalue weighted by atomic mass is 9.64. The SMILES string of the molecule is C=C1CC[C@H]2CN(C#N)C[C@H]([C@@]3(CC)C(=O)Nc4ccccc43)CC2C1. The van der Waals surface area contributed by atoms with Crippen LogP contribution in [0.3, 0.4) is 0 Å². The normalized spacial score (nSPS) is 33.7. The largest absolute Gasteiger partial charge is 0.325 e. The topological polar surface area (TPSA) is 56.1 Å². The van der Waals surface area contributed by atoms with Crippen LogP contribution in [-0.4, -0.2) is 23.9 Å². The predicted molar refractivity (Wildman–Crippen MR) is 102 cm³/mol. The molecule has 3 aliphatic rings. The van der Waals surface area contributed by atoms with Gasteiger partial charge in [-0.3, -0.25) is 4.79 Å². The van der Waals surface area contributed by atoms with Crippen molar-refractivity contribution in [1.82, 2.24) is 4.90 Å². The molecule has 4 heteroatoms. The molecule has 1 aromatic rings. The van der Waals surface area contributed by atoms with Crippen LogP contribution in [0.4, 0.5) is 5.69 Å². The molecule has 1 aromatic carbocycles. The Hall–Kier alpha value is -2.28. The lowest BCUT2D eigenvalue weighted by Crippen LogP contribution is -2.45. The molecule has 136 valence electrons. The van der Waals surface area contributed by atoms with Gasteiger partial charge in [0, 0.05) is 18.8 Å². The van der Waals surface area contributed by atoms with Crippen molar-refractivity contribution in [3.05, 3.63) is 42.0 Å². The zero-order valence-electron chi connectivity index (χ0n) is 15.5. The monoisotopic (exact) mass is 349 g/mol. The fourth-order valence-corrected chi connectivity index (χ4v) is 5.67. The highest BCUT2D eigenvalue weighted by Gasteiger charge is 2.53. The fraction of sp³-hybridized carbons (Fsp3) is 0.545. The second-order valence-electron chi connectivity index (χ2n) is 8.28. The first-order chi connectivity index (χ1) is 12.6. The summed E-state index contributed by atoms with van der Waals surface area (Å²) in [6.45, 7) is 7.84. The van der Waals surface area contributed by atoms with Gasteiger partial charge in [0.25, 0.3) is 0 Å². The van der Waals surface area contributed by atoms with Gasteiger partial charge in [0.2, 0.25) is 5.91 Å². The van der Waals surface area contributed by atoms with Gasteiger partial charge < -0.3 is 10.2 Å². The number of benzene rings is 1. The highest BCUT2D eigenvalue weighted by atomic mass is 16.2. The zero-order chi connectivity index (χ0) is 18.3. The van der Waals surface area contributed by atoms with E-state index in [1.165, 1.54) is 5.57 Å². The summed E-state index contributed by atoms with van der Waals surface area (Å²) in [7, 11) is 0. The van der Waals surface area contributed by atoms with Crippen LogP contribution in [0.15, 0.2) is 36.4 Å². The van der Waals surface area contributed by atoms with E-state index in [4.69, 9.17) is 0 Å². The van der Waals surface area contributed by atoms with Crippen LogP contribution in [0.1, 0.15) is 44.6 Å². The first-order valence-corrected chi connectivity index (χ1v) is 9.80. The van der Waals surface area contributed by atoms with Gasteiger partial charge in [-0.1, -0.05) is 37.3 Å². The quantitative estimate of drug-likeness (QED) is 0.647. The van der Waals surface area contributed by atoms with Gasteiger partial charge >= 0.3 is 0 Å². The Bertz CT molecular complexity index is 780. The summed E-state index contributed by atoms with van der Waals surface area (Å²) in [6, 6.07) is 8.08. The fourth-order valence-electron chi connectivity index (χ4n) is 5.67. The molecule has 0 radical (unpaired) electrons. The molecular weight excluding hydrogens is 322 g/mol. The Morgan fingerprint density at radius 2 is 2.15 bits per heavy atom. The Morgan fingerprint density at radius 1 is 1.35 bits per heavy atom. The smallest absolute Gasteiger partial charge is 0.235 e. The van der Waals surface area contributed by atoms with Crippen molar-refractivity contribution in [1.29, 1.82) is 5.26 Å². The van der Waals surface area contributed by atoms with Crippen LogP contribution in [0, 0.1) is 29.2 Å². The van der Waals surface area contributed by atoms with Crippen molar-refractivity contribution >= 4 is 11.6 Å². The van der Waals surface area contributed by atoms with Gasteiger partial charge in [-0.05, 0) is 61.5 Å². The molecule has 26 heavy (non-hydrogen) atoms. The minimum absolute atomic E-state index is 0.108. The van der Waals surface area contributed by atoms with Crippen LogP contribution in [0.25, 0.3) is 0 Å². The van der Waals surface area contributed by atoms with Gasteiger partial charge in [-0.2, -0.15) is 5.26 Å². The molecule has 0 spiro atoms. The maximum Gasteiger partial charge on any atom is 0.235 e. The number of hydrogen-bond donors (Lipinski definition) is 1. The first-order valence-electron chi connectivity index (χ1n) is 9.80. The van der Waals surface area contributed by atoms with E-state index in [0.717, 1.165) is 49.9 Å². The number of rotatable bonds is 2. The third kappa shape index (κ3) is 2.53. The minimum atomic E-state index is -0.528. The van der Waals surface area contributed by atoms with Gasteiger partial charge in [-0.15, -0.1) is 0 Å². The molecule has 1 N–H and O–H groups in total. The molecule has 0 bridgehead atoms. The Balaban J connectivity index is 1.75. The number of carbonyl (C=O) groups is 1. The highest BCUT2D eigenvalue weighted by molar-refractivity contribution is 6.06. The number of carbonyl (C=O) groups excluding carboxylic acids is 1. The Kier molecular flexibility index (Phi) is 4.26. The van der Waals surface area contributed by atoms with E-state index in [2.05, 4.69) is 31.1 Å². The third-order valence-corrected chi connectivity index (χ3v) is 7.03. The summed E-state index contributed by atoms with van der Waals surface area (Å²) in [6.07, 6.45) is 7.40. The molecule has 0 aromatic heterocycles. The molecule has 4 nitrogen and oxygen atoms in total. The number of para-hydroxylation sites is 1. The minimum Gasteiger partial charge on any atom is -0.325 e. The van der Waals surface area contributed by atoms with Crippen LogP contribution in [-0.2, 0) is 10.2 Å². The molecule has 1 amide bonds. The van der Waals surface area contributed by atoms with Crippen molar-refractivity contribution in [3.63, 3.8) is 0 Å². The van der Waals surface area contributed by atoms with Gasteiger partial charge in [-0.25, -0.2) is 0 Å². The number of nitrogens with zero attached hydrogens (tertiary/aromatic N) is 2. The van der Waals surface area contributed by atoms with E-state index >= 15 is 0 Å². The molecule has 1 aliphatic carbocycles. The number of nitrogens with one attached hydrogen (secondary N) is 1. The van der Waals surface area contributed by atoms with Crippen LogP contribution in [0.5, 0.6) is 0 Å². The van der Waals surface area contributed by atoms with Crippen LogP contribution in [0.2, 0.25) is 0 Å². The maximum atomic E-state index is 13.2. The Labute approximate surface area is 155 Å². The average molecular weight is 349 g/mol. The standard InChI is InChI=1S/C22H27N3O/c1-3-22(19-6-4-5-7-20(19)24-21(22)26)18-11-17-10-15(2)8-9-16(17)12-25(13-18)14-23/h4-7,16-18H,2-3,8-13H2,1H3,(H,24,26)/t16-,17?,18+,22+/m0/s1. The summed E-state index contributed by atoms with van der Waals surface area (Å²) in [5.74, 6) is 1.33. The lowest BCUT2D eigenvalue weighted by Gasteiger charge is -2.38. The highest BCUT2D eigenvalue weighted by Crippen LogP contribution is 2.50. The van der Waals surface area contributed by atoms with Crippen molar-refractivity contribution in [3.8, 4) is 6.19 Å². The molecule has 1 saturated carbocycles. The van der Waals surface area contributed by atoms with Gasteiger partial charge in [0.15, 0.2) is 6.19 Å². The van der Waals surface area contributed by atoms with Crippen molar-refractivity contribution in [2.24, 2.45) is 17.8 Å². The van der Waals surface area contributed by atoms with Gasteiger partial charge in [0.1, 0.15) is 0 Å². The zero-order valence-corrected chi connectivity index (χ0v) is 15.5. The first kappa shape index (κ1) is 17.1. The predicted octanol–water partition coefficient (Wildman–Crippen LogP) is 4.06. The third-order valence-electron chi connectivity index (χ3n) is 7.03. The number of allylic oxidation sites excluding steroid dienone is 1. The molecule has 1 saturated heterocycles. The number of nitriles is 1. The van der Waals surface area contributed by atoms with Crippen molar-refractivity contribution < 1.29 is 4.79 Å². The summed E-state index contributed by atoms with van der Waals surface area (Å²) in [5.41, 5.74) is 2.86. The van der Waals surface area contributed by atoms with E-state index in [0.29, 0.717) is 18.4 Å². The van der Waals surface area contributed by atoms with Crippen molar-refractivity contribution in [2.75, 3.05) is 18.4 Å². The van der Waals surface area contributed by atoms with E-state index < -0.39 is 5.41 Å². The summed E-state index contributed by atoms with van der Waals surface area (Å²) in [5, 5.41) is 12.8. The average Bonchev–Trinajstić information content (AvgIpc) is 2.81. The maximum absolute atomic E-state index is 13.2. The number of amides is 1. The molecule has 2 aliphatic heterocycles. The molecule has 2 fully saturated rings. The summed E-state index contributed by atoms with van der Waals surface area (Å²) in [4.78, 5) is 15.1. The number of hydrogen-bond acceptors (Lipinski definition) is 3. The van der Waals surface area contributed by atoms with Crippen molar-refractivity contribution in [2.45, 2.75) is 44.4 Å². The second-order valence-corrected chi connectivity index (χ2v) is 8.28. The van der Waals surface area contributed by atoms with E-state index in [1.54, 1.807) is 0 Å². The Morgan fingerprint density at radius 3 is 2.92 bits per heavy atom. The number of fused-ring (bicyclic) bond motifs is 2. The van der Waals surface area contributed by atoms with Gasteiger partial charge in [0.05, 0.1) is 5.41 Å². The van der Waals surface area contributed by atoms with E-state index in [-0.39, 0.29) is 11.8 Å². The number of anilines is 1. The molecule has 4 atom stereocenters. The summed E-state index contributed by atoms with van der Waals surface area (Å²) < 4.78 is 0. The lowest BCUT2D eigenvalue weighted by molar-refractivity contribution is -0.123. The van der Waals surface area contributed by atoms with Crippen LogP contribution >= 0.6 is 0 Å².